The van der Waals surface area contributed by atoms with Gasteiger partial charge in [0, 0.05) is 23.3 Å². The lowest BCUT2D eigenvalue weighted by Gasteiger charge is -2.31. The second kappa shape index (κ2) is 7.63. The van der Waals surface area contributed by atoms with Crippen molar-refractivity contribution in [3.05, 3.63) is 28.5 Å². The van der Waals surface area contributed by atoms with Gasteiger partial charge < -0.3 is 4.90 Å². The van der Waals surface area contributed by atoms with Crippen molar-refractivity contribution in [3.8, 4) is 0 Å². The van der Waals surface area contributed by atoms with Crippen LogP contribution in [-0.4, -0.2) is 28.4 Å². The van der Waals surface area contributed by atoms with Crippen LogP contribution in [-0.2, 0) is 0 Å². The van der Waals surface area contributed by atoms with Crippen LogP contribution < -0.4 is 0 Å². The van der Waals surface area contributed by atoms with Crippen molar-refractivity contribution in [1.29, 1.82) is 0 Å². The van der Waals surface area contributed by atoms with Gasteiger partial charge in [-0.25, -0.2) is 4.98 Å². The van der Waals surface area contributed by atoms with E-state index in [-0.39, 0.29) is 5.91 Å². The fourth-order valence-electron chi connectivity index (χ4n) is 2.17. The van der Waals surface area contributed by atoms with Crippen molar-refractivity contribution in [2.24, 2.45) is 5.92 Å². The van der Waals surface area contributed by atoms with Crippen molar-refractivity contribution in [2.45, 2.75) is 46.6 Å². The molecule has 1 amide bonds. The van der Waals surface area contributed by atoms with Crippen LogP contribution in [0.1, 0.15) is 51.0 Å². The van der Waals surface area contributed by atoms with Crippen molar-refractivity contribution < 1.29 is 4.79 Å². The molecule has 0 aliphatic heterocycles. The summed E-state index contributed by atoms with van der Waals surface area (Å²) in [7, 11) is 0. The molecule has 0 aromatic carbocycles. The molecule has 0 aliphatic rings. The van der Waals surface area contributed by atoms with Gasteiger partial charge in [0.1, 0.15) is 5.69 Å². The van der Waals surface area contributed by atoms with E-state index in [9.17, 15) is 4.79 Å². The summed E-state index contributed by atoms with van der Waals surface area (Å²) in [4.78, 5) is 18.8. The number of hydrogen-bond acceptors (Lipinski definition) is 2. The highest BCUT2D eigenvalue weighted by Crippen LogP contribution is 2.16. The smallest absolute Gasteiger partial charge is 0.272 e. The third kappa shape index (κ3) is 4.60. The molecule has 19 heavy (non-hydrogen) atoms. The maximum absolute atomic E-state index is 12.6. The van der Waals surface area contributed by atoms with Gasteiger partial charge in [-0.05, 0) is 46.8 Å². The van der Waals surface area contributed by atoms with E-state index >= 15 is 0 Å². The second-order valence-electron chi connectivity index (χ2n) is 5.18. The average molecular weight is 327 g/mol. The highest BCUT2D eigenvalue weighted by atomic mass is 79.9. The van der Waals surface area contributed by atoms with Crippen LogP contribution in [0, 0.1) is 5.92 Å². The van der Waals surface area contributed by atoms with Crippen molar-refractivity contribution in [3.63, 3.8) is 0 Å². The zero-order valence-corrected chi connectivity index (χ0v) is 13.8. The van der Waals surface area contributed by atoms with E-state index in [4.69, 9.17) is 0 Å². The van der Waals surface area contributed by atoms with Crippen LogP contribution in [0.5, 0.6) is 0 Å². The Hall–Kier alpha value is -0.900. The van der Waals surface area contributed by atoms with Crippen LogP contribution in [0.15, 0.2) is 22.8 Å². The largest absolute Gasteiger partial charge is 0.334 e. The molecule has 0 saturated carbocycles. The number of hydrogen-bond donors (Lipinski definition) is 0. The van der Waals surface area contributed by atoms with Gasteiger partial charge in [-0.2, -0.15) is 0 Å². The third-order valence-electron chi connectivity index (χ3n) is 3.15. The van der Waals surface area contributed by atoms with Crippen LogP contribution in [0.2, 0.25) is 0 Å². The Labute approximate surface area is 124 Å². The number of halogens is 1. The van der Waals surface area contributed by atoms with Gasteiger partial charge in [0.2, 0.25) is 0 Å². The molecule has 0 atom stereocenters. The SMILES string of the molecule is CCC(CC)N(CC(C)C)C(=O)c1ccc(Br)cn1. The summed E-state index contributed by atoms with van der Waals surface area (Å²) in [5.74, 6) is 0.495. The summed E-state index contributed by atoms with van der Waals surface area (Å²) in [5, 5.41) is 0. The first-order valence-corrected chi connectivity index (χ1v) is 7.71. The molecular weight excluding hydrogens is 304 g/mol. The number of aromatic nitrogens is 1. The Balaban J connectivity index is 2.96. The molecule has 1 rings (SSSR count). The number of carbonyl (C=O) groups is 1. The first kappa shape index (κ1) is 16.2. The Morgan fingerprint density at radius 2 is 1.95 bits per heavy atom. The molecule has 0 fully saturated rings. The minimum atomic E-state index is 0.0369. The first-order chi connectivity index (χ1) is 8.99. The summed E-state index contributed by atoms with van der Waals surface area (Å²) in [6.45, 7) is 9.31. The van der Waals surface area contributed by atoms with Gasteiger partial charge in [0.15, 0.2) is 0 Å². The summed E-state index contributed by atoms with van der Waals surface area (Å²) in [5.41, 5.74) is 0.524. The second-order valence-corrected chi connectivity index (χ2v) is 6.10. The van der Waals surface area contributed by atoms with E-state index in [0.29, 0.717) is 17.7 Å². The van der Waals surface area contributed by atoms with Gasteiger partial charge in [-0.3, -0.25) is 4.79 Å². The lowest BCUT2D eigenvalue weighted by atomic mass is 10.1. The van der Waals surface area contributed by atoms with Gasteiger partial charge in [-0.15, -0.1) is 0 Å². The lowest BCUT2D eigenvalue weighted by molar-refractivity contribution is 0.0634. The fourth-order valence-corrected chi connectivity index (χ4v) is 2.40. The van der Waals surface area contributed by atoms with E-state index in [2.05, 4.69) is 48.6 Å². The minimum Gasteiger partial charge on any atom is -0.334 e. The predicted octanol–water partition coefficient (Wildman–Crippen LogP) is 4.13. The summed E-state index contributed by atoms with van der Waals surface area (Å²) >= 11 is 3.34. The number of rotatable bonds is 6. The highest BCUT2D eigenvalue weighted by Gasteiger charge is 2.23. The average Bonchev–Trinajstić information content (AvgIpc) is 2.38. The quantitative estimate of drug-likeness (QED) is 0.787. The standard InChI is InChI=1S/C15H23BrN2O/c1-5-13(6-2)18(10-11(3)4)15(19)14-8-7-12(16)9-17-14/h7-9,11,13H,5-6,10H2,1-4H3. The van der Waals surface area contributed by atoms with E-state index < -0.39 is 0 Å². The van der Waals surface area contributed by atoms with Crippen LogP contribution >= 0.6 is 15.9 Å². The van der Waals surface area contributed by atoms with E-state index in [1.165, 1.54) is 0 Å². The zero-order valence-electron chi connectivity index (χ0n) is 12.2. The molecular formula is C15H23BrN2O. The Kier molecular flexibility index (Phi) is 6.49. The van der Waals surface area contributed by atoms with Crippen LogP contribution in [0.25, 0.3) is 0 Å². The molecule has 0 aliphatic carbocycles. The maximum Gasteiger partial charge on any atom is 0.272 e. The monoisotopic (exact) mass is 326 g/mol. The molecule has 4 heteroatoms. The molecule has 106 valence electrons. The topological polar surface area (TPSA) is 33.2 Å². The molecule has 3 nitrogen and oxygen atoms in total. The molecule has 0 spiro atoms. The van der Waals surface area contributed by atoms with Gasteiger partial charge in [0.05, 0.1) is 0 Å². The number of nitrogens with zero attached hydrogens (tertiary/aromatic N) is 2. The Morgan fingerprint density at radius 1 is 1.32 bits per heavy atom. The summed E-state index contributed by atoms with van der Waals surface area (Å²) in [6.07, 6.45) is 3.63. The zero-order chi connectivity index (χ0) is 14.4. The van der Waals surface area contributed by atoms with Crippen LogP contribution in [0.4, 0.5) is 0 Å². The van der Waals surface area contributed by atoms with Gasteiger partial charge in [-0.1, -0.05) is 27.7 Å². The van der Waals surface area contributed by atoms with E-state index in [1.54, 1.807) is 12.3 Å². The number of amides is 1. The molecule has 0 bridgehead atoms. The van der Waals surface area contributed by atoms with Crippen molar-refractivity contribution in [1.82, 2.24) is 9.88 Å². The van der Waals surface area contributed by atoms with Gasteiger partial charge in [0.25, 0.3) is 5.91 Å². The van der Waals surface area contributed by atoms with Crippen molar-refractivity contribution in [2.75, 3.05) is 6.54 Å². The molecule has 0 radical (unpaired) electrons. The predicted molar refractivity (Wildman–Crippen MR) is 82.2 cm³/mol. The number of carbonyl (C=O) groups excluding carboxylic acids is 1. The fraction of sp³-hybridized carbons (Fsp3) is 0.600. The molecule has 0 N–H and O–H groups in total. The maximum atomic E-state index is 12.6. The molecule has 1 aromatic heterocycles. The van der Waals surface area contributed by atoms with Crippen molar-refractivity contribution >= 4 is 21.8 Å². The normalized spacial score (nSPS) is 11.1. The molecule has 1 aromatic rings. The molecule has 0 saturated heterocycles. The van der Waals surface area contributed by atoms with E-state index in [0.717, 1.165) is 23.9 Å². The summed E-state index contributed by atoms with van der Waals surface area (Å²) < 4.78 is 0.891. The van der Waals surface area contributed by atoms with Crippen LogP contribution in [0.3, 0.4) is 0 Å². The van der Waals surface area contributed by atoms with E-state index in [1.807, 2.05) is 11.0 Å². The first-order valence-electron chi connectivity index (χ1n) is 6.92. The Bertz CT molecular complexity index is 399. The minimum absolute atomic E-state index is 0.0369. The molecule has 0 unspecified atom stereocenters. The number of pyridine rings is 1. The summed E-state index contributed by atoms with van der Waals surface area (Å²) in [6, 6.07) is 3.93. The molecule has 1 heterocycles. The lowest BCUT2D eigenvalue weighted by Crippen LogP contribution is -2.42. The highest BCUT2D eigenvalue weighted by molar-refractivity contribution is 9.10. The Morgan fingerprint density at radius 3 is 2.37 bits per heavy atom. The third-order valence-corrected chi connectivity index (χ3v) is 3.62. The van der Waals surface area contributed by atoms with Gasteiger partial charge >= 0.3 is 0 Å².